The minimum Gasteiger partial charge on any atom is -0.354 e. The molecule has 1 aromatic rings. The monoisotopic (exact) mass is 253 g/mol. The summed E-state index contributed by atoms with van der Waals surface area (Å²) in [6.45, 7) is 7.26. The summed E-state index contributed by atoms with van der Waals surface area (Å²) in [4.78, 5) is 11.2. The molecule has 2 heterocycles. The molecular weight excluding hydrogens is 234 g/mol. The first kappa shape index (κ1) is 12.6. The van der Waals surface area contributed by atoms with Crippen molar-refractivity contribution >= 4 is 17.4 Å². The van der Waals surface area contributed by atoms with Gasteiger partial charge in [0.05, 0.1) is 0 Å². The fourth-order valence-corrected chi connectivity index (χ4v) is 2.66. The maximum absolute atomic E-state index is 6.15. The van der Waals surface area contributed by atoms with E-state index in [9.17, 15) is 0 Å². The summed E-state index contributed by atoms with van der Waals surface area (Å²) >= 11 is 6.15. The van der Waals surface area contributed by atoms with Crippen LogP contribution in [-0.4, -0.2) is 22.6 Å². The van der Waals surface area contributed by atoms with Gasteiger partial charge in [0.1, 0.15) is 16.8 Å². The molecule has 17 heavy (non-hydrogen) atoms. The predicted molar refractivity (Wildman–Crippen MR) is 71.8 cm³/mol. The van der Waals surface area contributed by atoms with Gasteiger partial charge in [0.15, 0.2) is 0 Å². The van der Waals surface area contributed by atoms with E-state index < -0.39 is 0 Å². The number of anilines is 1. The zero-order chi connectivity index (χ0) is 12.4. The van der Waals surface area contributed by atoms with Crippen molar-refractivity contribution in [2.24, 2.45) is 0 Å². The first-order valence-corrected chi connectivity index (χ1v) is 6.75. The zero-order valence-corrected chi connectivity index (χ0v) is 11.6. The van der Waals surface area contributed by atoms with E-state index in [0.29, 0.717) is 11.2 Å². The first-order chi connectivity index (χ1) is 8.09. The summed E-state index contributed by atoms with van der Waals surface area (Å²) in [7, 11) is 0. The molecule has 4 heteroatoms. The van der Waals surface area contributed by atoms with Gasteiger partial charge in [-0.3, -0.25) is 0 Å². The summed E-state index contributed by atoms with van der Waals surface area (Å²) in [6, 6.07) is 0.543. The minimum atomic E-state index is 0.543. The van der Waals surface area contributed by atoms with Gasteiger partial charge < -0.3 is 4.90 Å². The zero-order valence-electron chi connectivity index (χ0n) is 10.8. The number of hydrogen-bond acceptors (Lipinski definition) is 3. The third kappa shape index (κ3) is 2.71. The van der Waals surface area contributed by atoms with Gasteiger partial charge in [-0.05, 0) is 33.6 Å². The van der Waals surface area contributed by atoms with Crippen molar-refractivity contribution in [3.05, 3.63) is 16.5 Å². The average molecular weight is 254 g/mol. The molecule has 0 amide bonds. The van der Waals surface area contributed by atoms with Crippen LogP contribution in [0.5, 0.6) is 0 Å². The molecule has 0 radical (unpaired) electrons. The number of hydrogen-bond donors (Lipinski definition) is 0. The maximum Gasteiger partial charge on any atom is 0.137 e. The lowest BCUT2D eigenvalue weighted by molar-refractivity contribution is 0.608. The van der Waals surface area contributed by atoms with Gasteiger partial charge in [-0.2, -0.15) is 0 Å². The third-order valence-corrected chi connectivity index (χ3v) is 3.87. The topological polar surface area (TPSA) is 29.0 Å². The van der Waals surface area contributed by atoms with Crippen LogP contribution in [0.4, 0.5) is 5.82 Å². The van der Waals surface area contributed by atoms with Crippen LogP contribution in [-0.2, 0) is 0 Å². The molecule has 0 N–H and O–H groups in total. The van der Waals surface area contributed by atoms with E-state index in [-0.39, 0.29) is 0 Å². The maximum atomic E-state index is 6.15. The first-order valence-electron chi connectivity index (χ1n) is 6.37. The van der Waals surface area contributed by atoms with E-state index in [1.807, 2.05) is 13.8 Å². The van der Waals surface area contributed by atoms with Crippen LogP contribution in [0.1, 0.15) is 44.0 Å². The van der Waals surface area contributed by atoms with Crippen LogP contribution in [0.2, 0.25) is 5.15 Å². The molecule has 1 fully saturated rings. The normalized spacial score (nSPS) is 21.4. The molecule has 1 saturated heterocycles. The molecule has 94 valence electrons. The minimum absolute atomic E-state index is 0.543. The van der Waals surface area contributed by atoms with Crippen molar-refractivity contribution in [3.8, 4) is 0 Å². The van der Waals surface area contributed by atoms with Gasteiger partial charge in [0.25, 0.3) is 0 Å². The Morgan fingerprint density at radius 1 is 1.18 bits per heavy atom. The molecule has 1 aromatic heterocycles. The largest absolute Gasteiger partial charge is 0.354 e. The fraction of sp³-hybridized carbons (Fsp3) is 0.692. The number of rotatable bonds is 1. The average Bonchev–Trinajstić information content (AvgIpc) is 2.48. The van der Waals surface area contributed by atoms with Gasteiger partial charge in [-0.25, -0.2) is 9.97 Å². The molecule has 0 saturated carbocycles. The lowest BCUT2D eigenvalue weighted by Crippen LogP contribution is -2.34. The number of nitrogens with zero attached hydrogens (tertiary/aromatic N) is 3. The highest BCUT2D eigenvalue weighted by molar-refractivity contribution is 6.30. The molecule has 2 rings (SSSR count). The molecule has 0 bridgehead atoms. The molecule has 1 aliphatic heterocycles. The van der Waals surface area contributed by atoms with Crippen LogP contribution in [0.25, 0.3) is 0 Å². The summed E-state index contributed by atoms with van der Waals surface area (Å²) < 4.78 is 0. The van der Waals surface area contributed by atoms with Crippen LogP contribution >= 0.6 is 11.6 Å². The van der Waals surface area contributed by atoms with Crippen molar-refractivity contribution in [3.63, 3.8) is 0 Å². The van der Waals surface area contributed by atoms with E-state index >= 15 is 0 Å². The molecule has 0 spiro atoms. The number of halogens is 1. The Labute approximate surface area is 108 Å². The summed E-state index contributed by atoms with van der Waals surface area (Å²) in [6.07, 6.45) is 5.11. The fourth-order valence-electron chi connectivity index (χ4n) is 2.45. The van der Waals surface area contributed by atoms with Crippen molar-refractivity contribution in [1.29, 1.82) is 0 Å². The van der Waals surface area contributed by atoms with E-state index in [4.69, 9.17) is 11.6 Å². The van der Waals surface area contributed by atoms with Crippen molar-refractivity contribution in [2.45, 2.75) is 52.5 Å². The second kappa shape index (κ2) is 5.21. The van der Waals surface area contributed by atoms with Crippen LogP contribution in [0.3, 0.4) is 0 Å². The number of aryl methyl sites for hydroxylation is 1. The van der Waals surface area contributed by atoms with Gasteiger partial charge >= 0.3 is 0 Å². The molecule has 1 unspecified atom stereocenters. The van der Waals surface area contributed by atoms with E-state index in [1.54, 1.807) is 0 Å². The van der Waals surface area contributed by atoms with Gasteiger partial charge in [-0.15, -0.1) is 0 Å². The van der Waals surface area contributed by atoms with Crippen LogP contribution < -0.4 is 4.90 Å². The Morgan fingerprint density at radius 3 is 2.71 bits per heavy atom. The Hall–Kier alpha value is -0.830. The van der Waals surface area contributed by atoms with E-state index in [0.717, 1.165) is 23.8 Å². The Bertz CT molecular complexity index is 406. The number of aromatic nitrogens is 2. The summed E-state index contributed by atoms with van der Waals surface area (Å²) in [5.41, 5.74) is 1.01. The van der Waals surface area contributed by atoms with Crippen molar-refractivity contribution in [1.82, 2.24) is 9.97 Å². The predicted octanol–water partition coefficient (Wildman–Crippen LogP) is 3.52. The van der Waals surface area contributed by atoms with Crippen LogP contribution in [0.15, 0.2) is 0 Å². The Kier molecular flexibility index (Phi) is 3.87. The Morgan fingerprint density at radius 2 is 1.94 bits per heavy atom. The highest BCUT2D eigenvalue weighted by Gasteiger charge is 2.21. The SMILES string of the molecule is Cc1nc(Cl)c(C)c(N2CCCCCC2C)n1. The molecule has 1 atom stereocenters. The lowest BCUT2D eigenvalue weighted by atomic mass is 10.1. The van der Waals surface area contributed by atoms with Crippen molar-refractivity contribution < 1.29 is 0 Å². The van der Waals surface area contributed by atoms with E-state index in [2.05, 4.69) is 21.8 Å². The Balaban J connectivity index is 2.37. The molecule has 3 nitrogen and oxygen atoms in total. The molecule has 1 aliphatic rings. The van der Waals surface area contributed by atoms with Crippen molar-refractivity contribution in [2.75, 3.05) is 11.4 Å². The molecule has 0 aliphatic carbocycles. The smallest absolute Gasteiger partial charge is 0.137 e. The van der Waals surface area contributed by atoms with Gasteiger partial charge in [0.2, 0.25) is 0 Å². The molecular formula is C13H20ClN3. The lowest BCUT2D eigenvalue weighted by Gasteiger charge is -2.29. The standard InChI is InChI=1S/C13H20ClN3/c1-9-7-5-4-6-8-17(9)13-10(2)12(14)15-11(3)16-13/h9H,4-8H2,1-3H3. The van der Waals surface area contributed by atoms with Gasteiger partial charge in [0, 0.05) is 18.2 Å². The quantitative estimate of drug-likeness (QED) is 0.717. The molecule has 0 aromatic carbocycles. The van der Waals surface area contributed by atoms with Gasteiger partial charge in [-0.1, -0.05) is 24.4 Å². The third-order valence-electron chi connectivity index (χ3n) is 3.50. The summed E-state index contributed by atoms with van der Waals surface area (Å²) in [5.74, 6) is 1.78. The van der Waals surface area contributed by atoms with Crippen LogP contribution in [0, 0.1) is 13.8 Å². The van der Waals surface area contributed by atoms with E-state index in [1.165, 1.54) is 25.7 Å². The second-order valence-corrected chi connectivity index (χ2v) is 5.26. The highest BCUT2D eigenvalue weighted by atomic mass is 35.5. The second-order valence-electron chi connectivity index (χ2n) is 4.90. The summed E-state index contributed by atoms with van der Waals surface area (Å²) in [5, 5.41) is 0.587. The highest BCUT2D eigenvalue weighted by Crippen LogP contribution is 2.28.